The molecule has 14 atom stereocenters. The Morgan fingerprint density at radius 3 is 2.10 bits per heavy atom. The molecule has 12 nitrogen and oxygen atoms in total. The van der Waals surface area contributed by atoms with Gasteiger partial charge >= 0.3 is 23.9 Å². The largest absolute Gasteiger partial charge is 0.479 e. The van der Waals surface area contributed by atoms with Crippen LogP contribution >= 0.6 is 0 Å². The molecular weight excluding hydrogens is 540 g/mol. The van der Waals surface area contributed by atoms with E-state index in [0.29, 0.717) is 12.8 Å². The van der Waals surface area contributed by atoms with Gasteiger partial charge in [0.1, 0.15) is 24.4 Å². The van der Waals surface area contributed by atoms with E-state index in [1.54, 1.807) is 34.6 Å². The smallest absolute Gasteiger partial charge is 0.341 e. The summed E-state index contributed by atoms with van der Waals surface area (Å²) in [6, 6.07) is 0. The molecule has 230 valence electrons. The molecule has 0 aromatic rings. The molecule has 0 spiro atoms. The Balaban J connectivity index is 1.75. The lowest BCUT2D eigenvalue weighted by molar-refractivity contribution is -0.254. The summed E-state index contributed by atoms with van der Waals surface area (Å²) in [6.45, 7) is 13.6. The molecule has 3 saturated carbocycles. The van der Waals surface area contributed by atoms with E-state index in [2.05, 4.69) is 0 Å². The summed E-state index contributed by atoms with van der Waals surface area (Å²) < 4.78 is 23.4. The molecule has 5 aliphatic rings. The molecular formula is C29H42O12. The first-order valence-electron chi connectivity index (χ1n) is 14.6. The molecule has 2 aliphatic heterocycles. The third kappa shape index (κ3) is 3.30. The van der Waals surface area contributed by atoms with Gasteiger partial charge in [-0.25, -0.2) is 9.59 Å². The van der Waals surface area contributed by atoms with E-state index in [9.17, 15) is 39.6 Å². The Morgan fingerprint density at radius 1 is 1.00 bits per heavy atom. The number of carboxylic acids is 1. The number of epoxide rings is 1. The second-order valence-electron chi connectivity index (χ2n) is 13.5. The molecule has 5 rings (SSSR count). The van der Waals surface area contributed by atoms with Gasteiger partial charge in [0.2, 0.25) is 11.2 Å². The summed E-state index contributed by atoms with van der Waals surface area (Å²) in [6.07, 6.45) is -5.07. The molecule has 2 heterocycles. The SMILES string of the molecule is CCC(C)C(=O)OC1C(C)C2(O)C(C3OC3(C(=O)O)C(O)C3(O)C(=O)OC(C)C32)C2C(C)(C)C12OC(=O)C(C)CC. The van der Waals surface area contributed by atoms with Crippen molar-refractivity contribution in [2.45, 2.75) is 115 Å². The number of esters is 3. The highest BCUT2D eigenvalue weighted by Gasteiger charge is 2.95. The van der Waals surface area contributed by atoms with Gasteiger partial charge in [-0.05, 0) is 19.8 Å². The second kappa shape index (κ2) is 8.87. The van der Waals surface area contributed by atoms with Crippen LogP contribution in [0.25, 0.3) is 0 Å². The zero-order valence-electron chi connectivity index (χ0n) is 24.7. The lowest BCUT2D eigenvalue weighted by Crippen LogP contribution is -2.70. The first-order valence-corrected chi connectivity index (χ1v) is 14.6. The molecule has 0 radical (unpaired) electrons. The van der Waals surface area contributed by atoms with Crippen molar-refractivity contribution in [1.82, 2.24) is 0 Å². The van der Waals surface area contributed by atoms with Gasteiger partial charge in [0, 0.05) is 23.2 Å². The third-order valence-corrected chi connectivity index (χ3v) is 11.4. The molecule has 0 amide bonds. The summed E-state index contributed by atoms with van der Waals surface area (Å²) in [4.78, 5) is 52.4. The van der Waals surface area contributed by atoms with Crippen LogP contribution in [0.4, 0.5) is 0 Å². The number of ether oxygens (including phenoxy) is 4. The van der Waals surface area contributed by atoms with Crippen LogP contribution in [-0.4, -0.2) is 91.1 Å². The topological polar surface area (TPSA) is 189 Å². The lowest BCUT2D eigenvalue weighted by Gasteiger charge is -2.54. The van der Waals surface area contributed by atoms with Crippen molar-refractivity contribution < 1.29 is 58.6 Å². The molecule has 5 fully saturated rings. The minimum Gasteiger partial charge on any atom is -0.479 e. The number of carbonyl (C=O) groups excluding carboxylic acids is 3. The fourth-order valence-electron chi connectivity index (χ4n) is 8.61. The van der Waals surface area contributed by atoms with Crippen LogP contribution in [-0.2, 0) is 38.1 Å². The summed E-state index contributed by atoms with van der Waals surface area (Å²) in [5.74, 6) is -9.66. The minimum atomic E-state index is -2.85. The van der Waals surface area contributed by atoms with Crippen LogP contribution < -0.4 is 0 Å². The van der Waals surface area contributed by atoms with Gasteiger partial charge in [-0.3, -0.25) is 9.59 Å². The maximum Gasteiger partial charge on any atom is 0.341 e. The fourth-order valence-corrected chi connectivity index (χ4v) is 8.61. The van der Waals surface area contributed by atoms with Gasteiger partial charge in [-0.15, -0.1) is 0 Å². The first kappa shape index (κ1) is 30.2. The highest BCUT2D eigenvalue weighted by atomic mass is 16.7. The second-order valence-corrected chi connectivity index (χ2v) is 13.5. The van der Waals surface area contributed by atoms with Crippen molar-refractivity contribution in [3.8, 4) is 0 Å². The minimum absolute atomic E-state index is 0.463. The Labute approximate surface area is 238 Å². The van der Waals surface area contributed by atoms with Crippen LogP contribution in [0.5, 0.6) is 0 Å². The third-order valence-electron chi connectivity index (χ3n) is 11.4. The van der Waals surface area contributed by atoms with E-state index in [1.165, 1.54) is 6.92 Å². The molecule has 3 aliphatic carbocycles. The molecule has 0 aromatic heterocycles. The van der Waals surface area contributed by atoms with Crippen LogP contribution in [0.15, 0.2) is 0 Å². The van der Waals surface area contributed by atoms with E-state index in [4.69, 9.17) is 18.9 Å². The van der Waals surface area contributed by atoms with Gasteiger partial charge in [0.05, 0.1) is 23.4 Å². The molecule has 14 unspecified atom stereocenters. The van der Waals surface area contributed by atoms with E-state index in [0.717, 1.165) is 0 Å². The van der Waals surface area contributed by atoms with Gasteiger partial charge in [0.25, 0.3) is 0 Å². The number of aliphatic hydroxyl groups is 3. The lowest BCUT2D eigenvalue weighted by atomic mass is 9.57. The van der Waals surface area contributed by atoms with Crippen molar-refractivity contribution in [2.75, 3.05) is 0 Å². The van der Waals surface area contributed by atoms with Gasteiger partial charge in [-0.2, -0.15) is 0 Å². The number of aliphatic hydroxyl groups excluding tert-OH is 1. The summed E-state index contributed by atoms with van der Waals surface area (Å²) >= 11 is 0. The van der Waals surface area contributed by atoms with E-state index >= 15 is 0 Å². The van der Waals surface area contributed by atoms with Crippen molar-refractivity contribution in [2.24, 2.45) is 40.9 Å². The van der Waals surface area contributed by atoms with Crippen molar-refractivity contribution in [3.63, 3.8) is 0 Å². The summed E-state index contributed by atoms with van der Waals surface area (Å²) in [5, 5.41) is 46.4. The van der Waals surface area contributed by atoms with Crippen LogP contribution in [0.1, 0.15) is 68.2 Å². The first-order chi connectivity index (χ1) is 18.9. The Morgan fingerprint density at radius 2 is 1.56 bits per heavy atom. The standard InChI is InChI=1S/C29H42O12/c1-9-11(3)20(30)39-18-13(5)26(36)15(17-25(7,8)29(17,18)41-21(31)12(4)10-2)19-28(40-19,23(33)34)22(32)27(37)16(26)14(6)38-24(27)35/h11-19,22,32,36-37H,9-10H2,1-8H3,(H,33,34). The maximum absolute atomic E-state index is 13.3. The Hall–Kier alpha value is -2.28. The van der Waals surface area contributed by atoms with Gasteiger partial charge < -0.3 is 39.4 Å². The number of cyclic esters (lactones) is 1. The Kier molecular flexibility index (Phi) is 6.53. The number of rotatable bonds is 7. The molecule has 4 N–H and O–H groups in total. The van der Waals surface area contributed by atoms with Crippen LogP contribution in [0, 0.1) is 40.9 Å². The normalized spacial score (nSPS) is 50.0. The van der Waals surface area contributed by atoms with Crippen LogP contribution in [0.2, 0.25) is 0 Å². The van der Waals surface area contributed by atoms with Gasteiger partial charge in [0.15, 0.2) is 5.60 Å². The average Bonchev–Trinajstić information content (AvgIpc) is 3.73. The number of carboxylic acid groups (broad SMARTS) is 1. The highest BCUT2D eigenvalue weighted by molar-refractivity contribution is 5.90. The van der Waals surface area contributed by atoms with E-state index in [-0.39, 0.29) is 0 Å². The predicted octanol–water partition coefficient (Wildman–Crippen LogP) is 0.815. The molecule has 2 saturated heterocycles. The average molecular weight is 583 g/mol. The quantitative estimate of drug-likeness (QED) is 0.188. The summed E-state index contributed by atoms with van der Waals surface area (Å²) in [7, 11) is 0. The fraction of sp³-hybridized carbons (Fsp3) is 0.862. The number of hydrogen-bond donors (Lipinski definition) is 4. The Bertz CT molecular complexity index is 1180. The van der Waals surface area contributed by atoms with Gasteiger partial charge in [-0.1, -0.05) is 48.5 Å². The van der Waals surface area contributed by atoms with Crippen LogP contribution in [0.3, 0.4) is 0 Å². The van der Waals surface area contributed by atoms with E-state index in [1.807, 2.05) is 13.8 Å². The highest BCUT2D eigenvalue weighted by Crippen LogP contribution is 2.80. The van der Waals surface area contributed by atoms with E-state index < -0.39 is 112 Å². The monoisotopic (exact) mass is 582 g/mol. The molecule has 41 heavy (non-hydrogen) atoms. The number of carbonyl (C=O) groups is 4. The van der Waals surface area contributed by atoms with Crippen molar-refractivity contribution in [3.05, 3.63) is 0 Å². The number of fused-ring (bicyclic) bond motifs is 7. The molecule has 0 aromatic carbocycles. The predicted molar refractivity (Wildman–Crippen MR) is 138 cm³/mol. The number of hydrogen-bond acceptors (Lipinski definition) is 11. The summed E-state index contributed by atoms with van der Waals surface area (Å²) in [5.41, 5.74) is -9.89. The zero-order chi connectivity index (χ0) is 30.8. The van der Waals surface area contributed by atoms with Crippen molar-refractivity contribution in [1.29, 1.82) is 0 Å². The maximum atomic E-state index is 13.3. The van der Waals surface area contributed by atoms with Crippen molar-refractivity contribution >= 4 is 23.9 Å². The molecule has 12 heteroatoms. The number of aliphatic carboxylic acids is 1. The molecule has 0 bridgehead atoms. The zero-order valence-corrected chi connectivity index (χ0v) is 24.7.